The molecule has 0 aliphatic carbocycles. The first-order valence-electron chi connectivity index (χ1n) is 10.1. The van der Waals surface area contributed by atoms with Crippen LogP contribution in [0.4, 0.5) is 0 Å². The molecule has 0 spiro atoms. The van der Waals surface area contributed by atoms with Crippen molar-refractivity contribution in [3.8, 4) is 11.1 Å². The molecule has 1 atom stereocenters. The third kappa shape index (κ3) is 5.66. The molecule has 31 heavy (non-hydrogen) atoms. The lowest BCUT2D eigenvalue weighted by Gasteiger charge is -2.13. The Bertz CT molecular complexity index is 1090. The molecule has 0 unspecified atom stereocenters. The van der Waals surface area contributed by atoms with E-state index in [0.29, 0.717) is 11.1 Å². The summed E-state index contributed by atoms with van der Waals surface area (Å²) in [5.41, 5.74) is 5.06. The van der Waals surface area contributed by atoms with E-state index in [-0.39, 0.29) is 18.2 Å². The van der Waals surface area contributed by atoms with Gasteiger partial charge in [0.1, 0.15) is 6.54 Å². The summed E-state index contributed by atoms with van der Waals surface area (Å²) in [6.45, 7) is 5.10. The van der Waals surface area contributed by atoms with Crippen molar-refractivity contribution in [3.05, 3.63) is 95.1 Å². The summed E-state index contributed by atoms with van der Waals surface area (Å²) < 4.78 is 5.20. The van der Waals surface area contributed by atoms with E-state index in [1.54, 1.807) is 24.3 Å². The smallest absolute Gasteiger partial charge is 0.326 e. The quantitative estimate of drug-likeness (QED) is 0.455. The van der Waals surface area contributed by atoms with Crippen molar-refractivity contribution in [3.63, 3.8) is 0 Å². The summed E-state index contributed by atoms with van der Waals surface area (Å²) in [6, 6.07) is 22.3. The first-order chi connectivity index (χ1) is 14.8. The van der Waals surface area contributed by atoms with Gasteiger partial charge in [0.05, 0.1) is 0 Å². The maximum Gasteiger partial charge on any atom is 0.326 e. The molecule has 3 aromatic carbocycles. The highest BCUT2D eigenvalue weighted by atomic mass is 16.5. The lowest BCUT2D eigenvalue weighted by Crippen LogP contribution is -2.34. The number of ketones is 1. The van der Waals surface area contributed by atoms with E-state index in [1.165, 1.54) is 6.92 Å². The van der Waals surface area contributed by atoms with Gasteiger partial charge >= 0.3 is 5.97 Å². The summed E-state index contributed by atoms with van der Waals surface area (Å²) in [5, 5.41) is 2.53. The van der Waals surface area contributed by atoms with E-state index in [2.05, 4.69) is 5.32 Å². The van der Waals surface area contributed by atoms with Crippen LogP contribution in [0.15, 0.2) is 72.8 Å². The van der Waals surface area contributed by atoms with Gasteiger partial charge in [0.15, 0.2) is 6.10 Å². The zero-order valence-corrected chi connectivity index (χ0v) is 17.8. The molecule has 158 valence electrons. The first-order valence-corrected chi connectivity index (χ1v) is 10.1. The Labute approximate surface area is 182 Å². The van der Waals surface area contributed by atoms with Crippen LogP contribution in [0.5, 0.6) is 0 Å². The van der Waals surface area contributed by atoms with Gasteiger partial charge in [0.2, 0.25) is 5.78 Å². The Hall–Kier alpha value is -3.73. The van der Waals surface area contributed by atoms with E-state index in [1.807, 2.05) is 62.4 Å². The molecule has 1 N–H and O–H groups in total. The maximum atomic E-state index is 12.5. The van der Waals surface area contributed by atoms with Crippen molar-refractivity contribution in [2.45, 2.75) is 26.9 Å². The van der Waals surface area contributed by atoms with E-state index in [9.17, 15) is 14.4 Å². The minimum Gasteiger partial charge on any atom is -0.453 e. The minimum atomic E-state index is -0.934. The van der Waals surface area contributed by atoms with Crippen molar-refractivity contribution in [1.29, 1.82) is 0 Å². The molecule has 0 aliphatic heterocycles. The van der Waals surface area contributed by atoms with Crippen molar-refractivity contribution in [2.75, 3.05) is 6.54 Å². The van der Waals surface area contributed by atoms with E-state index in [0.717, 1.165) is 22.3 Å². The maximum absolute atomic E-state index is 12.5. The van der Waals surface area contributed by atoms with E-state index < -0.39 is 12.1 Å². The normalized spacial score (nSPS) is 11.5. The van der Waals surface area contributed by atoms with Crippen molar-refractivity contribution >= 4 is 17.7 Å². The first kappa shape index (κ1) is 22.0. The lowest BCUT2D eigenvalue weighted by atomic mass is 10.0. The van der Waals surface area contributed by atoms with Crippen LogP contribution >= 0.6 is 0 Å². The van der Waals surface area contributed by atoms with Gasteiger partial charge in [-0.25, -0.2) is 0 Å². The number of aryl methyl sites for hydroxylation is 2. The zero-order chi connectivity index (χ0) is 22.4. The number of carbonyl (C=O) groups is 3. The minimum absolute atomic E-state index is 0.278. The summed E-state index contributed by atoms with van der Waals surface area (Å²) in [5.74, 6) is -1.33. The van der Waals surface area contributed by atoms with Crippen LogP contribution < -0.4 is 5.32 Å². The molecule has 0 bridgehead atoms. The molecule has 1 amide bonds. The standard InChI is InChI=1S/C26H25NO4/c1-17-9-10-23(15-18(17)2)25(29)19(3)31-24(28)16-27-26(30)22-13-11-21(12-14-22)20-7-5-4-6-8-20/h4-15,19H,16H2,1-3H3,(H,27,30)/t19-/m1/s1. The Kier molecular flexibility index (Phi) is 6.98. The molecule has 5 nitrogen and oxygen atoms in total. The average Bonchev–Trinajstić information content (AvgIpc) is 2.79. The van der Waals surface area contributed by atoms with Gasteiger partial charge in [-0.05, 0) is 61.2 Å². The predicted molar refractivity (Wildman–Crippen MR) is 120 cm³/mol. The molecule has 3 rings (SSSR count). The molecule has 0 aromatic heterocycles. The Morgan fingerprint density at radius 1 is 0.806 bits per heavy atom. The second kappa shape index (κ2) is 9.85. The van der Waals surface area contributed by atoms with Gasteiger partial charge in [-0.3, -0.25) is 14.4 Å². The van der Waals surface area contributed by atoms with Crippen LogP contribution in [0.2, 0.25) is 0 Å². The third-order valence-corrected chi connectivity index (χ3v) is 5.12. The second-order valence-corrected chi connectivity index (χ2v) is 7.42. The van der Waals surface area contributed by atoms with Crippen LogP contribution in [-0.4, -0.2) is 30.3 Å². The largest absolute Gasteiger partial charge is 0.453 e. The molecule has 0 saturated carbocycles. The molecule has 0 saturated heterocycles. The van der Waals surface area contributed by atoms with Crippen LogP contribution in [-0.2, 0) is 9.53 Å². The number of Topliss-reactive ketones (excluding diaryl/α,β-unsaturated/α-hetero) is 1. The number of benzene rings is 3. The number of rotatable bonds is 7. The highest BCUT2D eigenvalue weighted by Crippen LogP contribution is 2.19. The number of esters is 1. The van der Waals surface area contributed by atoms with Crippen LogP contribution in [0.1, 0.15) is 38.8 Å². The monoisotopic (exact) mass is 415 g/mol. The van der Waals surface area contributed by atoms with Crippen molar-refractivity contribution < 1.29 is 19.1 Å². The van der Waals surface area contributed by atoms with Crippen LogP contribution in [0.3, 0.4) is 0 Å². The van der Waals surface area contributed by atoms with Gasteiger partial charge < -0.3 is 10.1 Å². The number of amides is 1. The summed E-state index contributed by atoms with van der Waals surface area (Å²) in [7, 11) is 0. The summed E-state index contributed by atoms with van der Waals surface area (Å²) >= 11 is 0. The van der Waals surface area contributed by atoms with Gasteiger partial charge in [-0.1, -0.05) is 54.6 Å². The molecular weight excluding hydrogens is 390 g/mol. The fourth-order valence-corrected chi connectivity index (χ4v) is 3.12. The highest BCUT2D eigenvalue weighted by Gasteiger charge is 2.20. The molecule has 0 heterocycles. The third-order valence-electron chi connectivity index (χ3n) is 5.12. The zero-order valence-electron chi connectivity index (χ0n) is 17.8. The lowest BCUT2D eigenvalue weighted by molar-refractivity contribution is -0.145. The van der Waals surface area contributed by atoms with Crippen LogP contribution in [0, 0.1) is 13.8 Å². The number of carbonyl (C=O) groups excluding carboxylic acids is 3. The molecule has 5 heteroatoms. The van der Waals surface area contributed by atoms with Gasteiger partial charge in [-0.15, -0.1) is 0 Å². The fraction of sp³-hybridized carbons (Fsp3) is 0.192. The fourth-order valence-electron chi connectivity index (χ4n) is 3.12. The SMILES string of the molecule is Cc1ccc(C(=O)[C@@H](C)OC(=O)CNC(=O)c2ccc(-c3ccccc3)cc2)cc1C. The number of nitrogens with one attached hydrogen (secondary N) is 1. The van der Waals surface area contributed by atoms with E-state index >= 15 is 0 Å². The highest BCUT2D eigenvalue weighted by molar-refractivity contribution is 6.01. The molecule has 3 aromatic rings. The number of ether oxygens (including phenoxy) is 1. The number of hydrogen-bond donors (Lipinski definition) is 1. The summed E-state index contributed by atoms with van der Waals surface area (Å²) in [4.78, 5) is 36.9. The Balaban J connectivity index is 1.52. The Morgan fingerprint density at radius 2 is 1.42 bits per heavy atom. The topological polar surface area (TPSA) is 72.5 Å². The van der Waals surface area contributed by atoms with Gasteiger partial charge in [-0.2, -0.15) is 0 Å². The van der Waals surface area contributed by atoms with E-state index in [4.69, 9.17) is 4.74 Å². The second-order valence-electron chi connectivity index (χ2n) is 7.42. The van der Waals surface area contributed by atoms with Crippen molar-refractivity contribution in [1.82, 2.24) is 5.32 Å². The van der Waals surface area contributed by atoms with Crippen LogP contribution in [0.25, 0.3) is 11.1 Å². The number of hydrogen-bond acceptors (Lipinski definition) is 4. The molecule has 0 fully saturated rings. The Morgan fingerprint density at radius 3 is 2.06 bits per heavy atom. The molecular formula is C26H25NO4. The summed E-state index contributed by atoms with van der Waals surface area (Å²) in [6.07, 6.45) is -0.934. The van der Waals surface area contributed by atoms with Crippen molar-refractivity contribution in [2.24, 2.45) is 0 Å². The predicted octanol–water partition coefficient (Wildman–Crippen LogP) is 4.51. The van der Waals surface area contributed by atoms with Gasteiger partial charge in [0, 0.05) is 11.1 Å². The average molecular weight is 415 g/mol. The van der Waals surface area contributed by atoms with Gasteiger partial charge in [0.25, 0.3) is 5.91 Å². The molecule has 0 aliphatic rings. The molecule has 0 radical (unpaired) electrons.